The highest BCUT2D eigenvalue weighted by Crippen LogP contribution is 2.40. The van der Waals surface area contributed by atoms with Crippen molar-refractivity contribution in [2.24, 2.45) is 0 Å². The van der Waals surface area contributed by atoms with Crippen LogP contribution in [0.15, 0.2) is 174 Å². The molecular weight excluding hydrogens is 597 g/mol. The molecule has 0 saturated heterocycles. The van der Waals surface area contributed by atoms with Crippen molar-refractivity contribution in [1.82, 2.24) is 9.97 Å². The molecule has 0 spiro atoms. The number of benzene rings is 7. The first kappa shape index (κ1) is 22.1. The maximum absolute atomic E-state index is 9.42. The second-order valence-corrected chi connectivity index (χ2v) is 12.1. The minimum absolute atomic E-state index is 0.135. The summed E-state index contributed by atoms with van der Waals surface area (Å²) >= 11 is 0. The third-order valence-corrected chi connectivity index (χ3v) is 9.26. The molecule has 7 aromatic carbocycles. The van der Waals surface area contributed by atoms with Crippen molar-refractivity contribution in [2.75, 3.05) is 0 Å². The van der Waals surface area contributed by atoms with Gasteiger partial charge in [-0.05, 0) is 79.8 Å². The summed E-state index contributed by atoms with van der Waals surface area (Å²) in [4.78, 5) is 9.50. The van der Waals surface area contributed by atoms with Crippen LogP contribution in [-0.4, -0.2) is 9.97 Å². The van der Waals surface area contributed by atoms with Crippen LogP contribution in [0.4, 0.5) is 0 Å². The summed E-state index contributed by atoms with van der Waals surface area (Å²) in [5.41, 5.74) is 4.20. The fourth-order valence-corrected chi connectivity index (χ4v) is 6.93. The Labute approximate surface area is 291 Å². The monoisotopic (exact) mass is 630 g/mol. The molecule has 3 nitrogen and oxygen atoms in total. The largest absolute Gasteiger partial charge is 0.456 e. The van der Waals surface area contributed by atoms with E-state index in [0.717, 1.165) is 32.5 Å². The van der Waals surface area contributed by atoms with Crippen LogP contribution in [0.2, 0.25) is 0 Å². The van der Waals surface area contributed by atoms with Gasteiger partial charge in [-0.15, -0.1) is 0 Å². The number of aromatic nitrogens is 2. The van der Waals surface area contributed by atoms with Gasteiger partial charge in [-0.1, -0.05) is 127 Å². The average Bonchev–Trinajstić information content (AvgIpc) is 3.73. The molecule has 49 heavy (non-hydrogen) atoms. The van der Waals surface area contributed by atoms with Crippen molar-refractivity contribution in [3.63, 3.8) is 0 Å². The maximum Gasteiger partial charge on any atom is 0.135 e. The van der Waals surface area contributed by atoms with Gasteiger partial charge in [0.2, 0.25) is 0 Å². The molecule has 0 fully saturated rings. The molecule has 0 aliphatic carbocycles. The number of hydrogen-bond donors (Lipinski definition) is 0. The van der Waals surface area contributed by atoms with Crippen LogP contribution >= 0.6 is 0 Å². The molecular formula is C46H28N2O. The van der Waals surface area contributed by atoms with Crippen LogP contribution in [0.5, 0.6) is 0 Å². The first-order chi connectivity index (χ1) is 26.8. The highest BCUT2D eigenvalue weighted by molar-refractivity contribution is 6.13. The van der Waals surface area contributed by atoms with E-state index < -0.39 is 12.1 Å². The molecule has 228 valence electrons. The Kier molecular flexibility index (Phi) is 4.96. The molecule has 0 radical (unpaired) electrons. The van der Waals surface area contributed by atoms with Gasteiger partial charge in [0, 0.05) is 33.7 Å². The molecule has 0 bridgehead atoms. The van der Waals surface area contributed by atoms with Gasteiger partial charge in [0.05, 0.1) is 25.0 Å². The third-order valence-electron chi connectivity index (χ3n) is 9.26. The van der Waals surface area contributed by atoms with E-state index in [1.807, 2.05) is 84.9 Å². The van der Waals surface area contributed by atoms with Crippen LogP contribution in [0.1, 0.15) is 8.22 Å². The van der Waals surface area contributed by atoms with Gasteiger partial charge in [0.15, 0.2) is 0 Å². The van der Waals surface area contributed by atoms with E-state index in [2.05, 4.69) is 35.3 Å². The lowest BCUT2D eigenvalue weighted by molar-refractivity contribution is 0.598. The number of pyridine rings is 2. The Morgan fingerprint density at radius 1 is 0.449 bits per heavy atom. The summed E-state index contributed by atoms with van der Waals surface area (Å²) in [7, 11) is 0. The van der Waals surface area contributed by atoms with E-state index in [1.54, 1.807) is 18.3 Å². The molecule has 3 aromatic heterocycles. The lowest BCUT2D eigenvalue weighted by atomic mass is 9.92. The fourth-order valence-electron chi connectivity index (χ4n) is 6.93. The summed E-state index contributed by atoms with van der Waals surface area (Å²) in [6.07, 6.45) is 1.69. The van der Waals surface area contributed by atoms with E-state index in [-0.39, 0.29) is 46.1 Å². The van der Waals surface area contributed by atoms with Crippen LogP contribution < -0.4 is 0 Å². The smallest absolute Gasteiger partial charge is 0.135 e. The zero-order valence-corrected chi connectivity index (χ0v) is 26.0. The molecule has 0 aliphatic heterocycles. The van der Waals surface area contributed by atoms with Gasteiger partial charge < -0.3 is 4.42 Å². The Morgan fingerprint density at radius 3 is 2.04 bits per heavy atom. The van der Waals surface area contributed by atoms with Crippen molar-refractivity contribution < 1.29 is 12.6 Å². The Morgan fingerprint density at radius 2 is 1.14 bits per heavy atom. The zero-order valence-electron chi connectivity index (χ0n) is 32.0. The first-order valence-electron chi connectivity index (χ1n) is 19.1. The van der Waals surface area contributed by atoms with E-state index in [1.165, 1.54) is 5.39 Å². The topological polar surface area (TPSA) is 38.9 Å². The summed E-state index contributed by atoms with van der Waals surface area (Å²) in [6.45, 7) is 0. The van der Waals surface area contributed by atoms with Gasteiger partial charge in [0.25, 0.3) is 0 Å². The Hall–Kier alpha value is -6.58. The molecule has 0 saturated carbocycles. The van der Waals surface area contributed by atoms with E-state index in [4.69, 9.17) is 14.9 Å². The van der Waals surface area contributed by atoms with Crippen LogP contribution in [0, 0.1) is 0 Å². The zero-order chi connectivity index (χ0) is 37.5. The minimum Gasteiger partial charge on any atom is -0.456 e. The number of furan rings is 1. The normalized spacial score (nSPS) is 13.4. The van der Waals surface area contributed by atoms with Gasteiger partial charge in [-0.25, -0.2) is 4.98 Å². The molecule has 10 rings (SSSR count). The quantitative estimate of drug-likeness (QED) is 0.182. The van der Waals surface area contributed by atoms with E-state index >= 15 is 0 Å². The van der Waals surface area contributed by atoms with Gasteiger partial charge in [-0.3, -0.25) is 4.98 Å². The predicted molar refractivity (Wildman–Crippen MR) is 204 cm³/mol. The molecule has 0 aliphatic rings. The second kappa shape index (κ2) is 11.0. The molecule has 10 aromatic rings. The Balaban J connectivity index is 1.16. The molecule has 0 amide bonds. The Bertz CT molecular complexity index is 3250. The van der Waals surface area contributed by atoms with Crippen molar-refractivity contribution in [1.29, 1.82) is 0 Å². The molecule has 3 heterocycles. The highest BCUT2D eigenvalue weighted by atomic mass is 16.3. The predicted octanol–water partition coefficient (Wildman–Crippen LogP) is 12.5. The fraction of sp³-hybridized carbons (Fsp3) is 0. The minimum atomic E-state index is -0.423. The number of hydrogen-bond acceptors (Lipinski definition) is 3. The third kappa shape index (κ3) is 4.51. The van der Waals surface area contributed by atoms with Gasteiger partial charge in [-0.2, -0.15) is 0 Å². The summed E-state index contributed by atoms with van der Waals surface area (Å²) < 4.78 is 60.9. The van der Waals surface area contributed by atoms with Crippen LogP contribution in [0.3, 0.4) is 0 Å². The van der Waals surface area contributed by atoms with E-state index in [9.17, 15) is 2.74 Å². The average molecular weight is 631 g/mol. The number of nitrogens with zero attached hydrogens (tertiary/aromatic N) is 2. The van der Waals surface area contributed by atoms with Crippen LogP contribution in [-0.2, 0) is 0 Å². The molecule has 0 N–H and O–H groups in total. The maximum atomic E-state index is 9.42. The number of fused-ring (bicyclic) bond motifs is 7. The summed E-state index contributed by atoms with van der Waals surface area (Å²) in [5, 5.41) is 6.49. The van der Waals surface area contributed by atoms with Crippen molar-refractivity contribution in [3.8, 4) is 45.0 Å². The van der Waals surface area contributed by atoms with Crippen LogP contribution in [0.25, 0.3) is 99.2 Å². The summed E-state index contributed by atoms with van der Waals surface area (Å²) in [6, 6.07) is 39.4. The standard InChI is InChI=1S/C46H28N2O/c1-2-13-34-32(9-1)28-41(39-17-6-4-14-36(34)39)44-25-24-43(49-44)33-11-7-10-31(27-33)35-21-22-40(38-16-5-3-15-37(35)38)42-23-20-30-19-18-29-12-8-26-47-45(29)46(30)48-42/h1-28H/i3D,5D,15D,16D,21D,22D. The van der Waals surface area contributed by atoms with Gasteiger partial charge >= 0.3 is 0 Å². The highest BCUT2D eigenvalue weighted by Gasteiger charge is 2.15. The van der Waals surface area contributed by atoms with Crippen molar-refractivity contribution in [3.05, 3.63) is 170 Å². The number of rotatable bonds is 4. The van der Waals surface area contributed by atoms with Crippen molar-refractivity contribution in [2.45, 2.75) is 0 Å². The lowest BCUT2D eigenvalue weighted by Crippen LogP contribution is -1.91. The molecule has 3 heteroatoms. The lowest BCUT2D eigenvalue weighted by Gasteiger charge is -2.13. The first-order valence-corrected chi connectivity index (χ1v) is 16.1. The summed E-state index contributed by atoms with van der Waals surface area (Å²) in [5.74, 6) is 1.29. The molecule has 0 unspecified atom stereocenters. The molecule has 0 atom stereocenters. The second-order valence-electron chi connectivity index (χ2n) is 12.1. The van der Waals surface area contributed by atoms with Gasteiger partial charge in [0.1, 0.15) is 11.5 Å². The van der Waals surface area contributed by atoms with Crippen molar-refractivity contribution >= 4 is 54.1 Å². The van der Waals surface area contributed by atoms with E-state index in [0.29, 0.717) is 39.4 Å². The SMILES string of the molecule is [2H]c1c([2H])c([2H])c2c(-c3ccc4ccc5cccnc5c4n3)c([2H])c([2H])c(-c3cccc(-c4ccc(-c5cc6ccccc6c6ccccc56)o4)c3)c2c1[2H].